The van der Waals surface area contributed by atoms with Crippen molar-refractivity contribution in [2.45, 2.75) is 6.92 Å². The standard InChI is InChI=1S/C20H16FNO2/c1-11-15-8-7-14(24-2)9-16(15)19(12-3-5-13(21)6-4-12)17-10-22-20(23)18(11)17/h3-10,22-23H,1-2H3. The van der Waals surface area contributed by atoms with Crippen molar-refractivity contribution in [3.05, 3.63) is 60.0 Å². The minimum atomic E-state index is -0.277. The van der Waals surface area contributed by atoms with E-state index in [1.165, 1.54) is 12.1 Å². The van der Waals surface area contributed by atoms with Crippen LogP contribution in [0.15, 0.2) is 48.7 Å². The fraction of sp³-hybridized carbons (Fsp3) is 0.100. The number of aromatic nitrogens is 1. The summed E-state index contributed by atoms with van der Waals surface area (Å²) >= 11 is 0. The number of aromatic hydroxyl groups is 1. The number of fused-ring (bicyclic) bond motifs is 2. The summed E-state index contributed by atoms with van der Waals surface area (Å²) in [6.07, 6.45) is 1.79. The lowest BCUT2D eigenvalue weighted by Gasteiger charge is -2.14. The molecular formula is C20H16FNO2. The van der Waals surface area contributed by atoms with E-state index in [9.17, 15) is 9.50 Å². The van der Waals surface area contributed by atoms with E-state index in [0.29, 0.717) is 0 Å². The third-order valence-corrected chi connectivity index (χ3v) is 4.54. The monoisotopic (exact) mass is 321 g/mol. The second-order valence-corrected chi connectivity index (χ2v) is 5.84. The van der Waals surface area contributed by atoms with E-state index in [1.54, 1.807) is 25.4 Å². The fourth-order valence-corrected chi connectivity index (χ4v) is 3.38. The Morgan fingerprint density at radius 3 is 2.46 bits per heavy atom. The molecule has 3 nitrogen and oxygen atoms in total. The van der Waals surface area contributed by atoms with E-state index < -0.39 is 0 Å². The molecule has 1 heterocycles. The molecule has 0 spiro atoms. The first-order valence-electron chi connectivity index (χ1n) is 7.66. The number of hydrogen-bond donors (Lipinski definition) is 2. The minimum Gasteiger partial charge on any atom is -0.497 e. The molecule has 3 aromatic carbocycles. The third kappa shape index (κ3) is 2.03. The van der Waals surface area contributed by atoms with Gasteiger partial charge in [0.2, 0.25) is 0 Å². The Labute approximate surface area is 138 Å². The van der Waals surface area contributed by atoms with Crippen LogP contribution in [-0.2, 0) is 0 Å². The lowest BCUT2D eigenvalue weighted by Crippen LogP contribution is -1.90. The Kier molecular flexibility index (Phi) is 3.20. The second kappa shape index (κ2) is 5.27. The number of hydrogen-bond acceptors (Lipinski definition) is 2. The predicted octanol–water partition coefficient (Wildman–Crippen LogP) is 5.15. The van der Waals surface area contributed by atoms with Crippen LogP contribution in [0, 0.1) is 12.7 Å². The van der Waals surface area contributed by atoms with E-state index in [2.05, 4.69) is 4.98 Å². The van der Waals surface area contributed by atoms with Crippen LogP contribution in [-0.4, -0.2) is 17.2 Å². The normalized spacial score (nSPS) is 11.3. The molecule has 24 heavy (non-hydrogen) atoms. The van der Waals surface area contributed by atoms with E-state index in [4.69, 9.17) is 4.74 Å². The fourth-order valence-electron chi connectivity index (χ4n) is 3.38. The molecule has 0 aliphatic rings. The van der Waals surface area contributed by atoms with Gasteiger partial charge in [0.15, 0.2) is 5.88 Å². The van der Waals surface area contributed by atoms with Gasteiger partial charge >= 0.3 is 0 Å². The number of aromatic amines is 1. The summed E-state index contributed by atoms with van der Waals surface area (Å²) in [5.41, 5.74) is 2.83. The topological polar surface area (TPSA) is 45.2 Å². The highest BCUT2D eigenvalue weighted by molar-refractivity contribution is 6.16. The van der Waals surface area contributed by atoms with Gasteiger partial charge in [0.05, 0.1) is 7.11 Å². The molecule has 0 radical (unpaired) electrons. The van der Waals surface area contributed by atoms with Crippen LogP contribution in [0.2, 0.25) is 0 Å². The van der Waals surface area contributed by atoms with Crippen LogP contribution < -0.4 is 4.74 Å². The molecule has 0 unspecified atom stereocenters. The SMILES string of the molecule is COc1ccc2c(C)c3c(O)[nH]cc3c(-c3ccc(F)cc3)c2c1. The van der Waals surface area contributed by atoms with Gasteiger partial charge in [0.25, 0.3) is 0 Å². The van der Waals surface area contributed by atoms with Crippen molar-refractivity contribution >= 4 is 21.5 Å². The summed E-state index contributed by atoms with van der Waals surface area (Å²) in [6.45, 7) is 1.99. The zero-order valence-corrected chi connectivity index (χ0v) is 13.4. The summed E-state index contributed by atoms with van der Waals surface area (Å²) in [5.74, 6) is 0.619. The van der Waals surface area contributed by atoms with Gasteiger partial charge in [-0.25, -0.2) is 4.39 Å². The molecular weight excluding hydrogens is 305 g/mol. The molecule has 0 aliphatic carbocycles. The van der Waals surface area contributed by atoms with E-state index >= 15 is 0 Å². The van der Waals surface area contributed by atoms with Crippen LogP contribution in [0.1, 0.15) is 5.56 Å². The Bertz CT molecular complexity index is 1060. The first kappa shape index (κ1) is 14.6. The second-order valence-electron chi connectivity index (χ2n) is 5.84. The van der Waals surface area contributed by atoms with Gasteiger partial charge in [-0.15, -0.1) is 0 Å². The molecule has 0 amide bonds. The molecule has 0 bridgehead atoms. The molecule has 0 fully saturated rings. The predicted molar refractivity (Wildman–Crippen MR) is 94.2 cm³/mol. The largest absolute Gasteiger partial charge is 0.497 e. The van der Waals surface area contributed by atoms with Gasteiger partial charge in [-0.1, -0.05) is 18.2 Å². The molecule has 1 aromatic heterocycles. The van der Waals surface area contributed by atoms with Gasteiger partial charge < -0.3 is 14.8 Å². The van der Waals surface area contributed by atoms with Gasteiger partial charge in [0, 0.05) is 17.0 Å². The molecule has 0 aliphatic heterocycles. The zero-order chi connectivity index (χ0) is 16.8. The highest BCUT2D eigenvalue weighted by Gasteiger charge is 2.17. The van der Waals surface area contributed by atoms with Crippen LogP contribution in [0.5, 0.6) is 11.6 Å². The Morgan fingerprint density at radius 2 is 1.75 bits per heavy atom. The molecule has 2 N–H and O–H groups in total. The van der Waals surface area contributed by atoms with Gasteiger partial charge in [0.1, 0.15) is 11.6 Å². The smallest absolute Gasteiger partial charge is 0.196 e. The quantitative estimate of drug-likeness (QED) is 0.536. The van der Waals surface area contributed by atoms with E-state index in [0.717, 1.165) is 44.0 Å². The van der Waals surface area contributed by atoms with E-state index in [1.807, 2.05) is 25.1 Å². The molecule has 0 saturated heterocycles. The van der Waals surface area contributed by atoms with Crippen LogP contribution in [0.25, 0.3) is 32.7 Å². The number of halogens is 1. The molecule has 4 rings (SSSR count). The molecule has 0 saturated carbocycles. The first-order valence-corrected chi connectivity index (χ1v) is 7.66. The van der Waals surface area contributed by atoms with Crippen molar-refractivity contribution in [3.8, 4) is 22.8 Å². The van der Waals surface area contributed by atoms with Crippen molar-refractivity contribution in [1.29, 1.82) is 0 Å². The average molecular weight is 321 g/mol. The molecule has 4 heteroatoms. The highest BCUT2D eigenvalue weighted by Crippen LogP contribution is 2.43. The maximum Gasteiger partial charge on any atom is 0.196 e. The Hall–Kier alpha value is -3.01. The van der Waals surface area contributed by atoms with Gasteiger partial charge in [-0.05, 0) is 58.7 Å². The number of nitrogens with one attached hydrogen (secondary N) is 1. The summed E-state index contributed by atoms with van der Waals surface area (Å²) in [4.78, 5) is 2.89. The van der Waals surface area contributed by atoms with Crippen LogP contribution in [0.4, 0.5) is 4.39 Å². The number of H-pyrrole nitrogens is 1. The molecule has 4 aromatic rings. The van der Waals surface area contributed by atoms with Crippen LogP contribution >= 0.6 is 0 Å². The lowest BCUT2D eigenvalue weighted by molar-refractivity contribution is 0.415. The van der Waals surface area contributed by atoms with Crippen LogP contribution in [0.3, 0.4) is 0 Å². The average Bonchev–Trinajstić information content (AvgIpc) is 2.98. The summed E-state index contributed by atoms with van der Waals surface area (Å²) < 4.78 is 18.7. The molecule has 0 atom stereocenters. The highest BCUT2D eigenvalue weighted by atomic mass is 19.1. The molecule has 120 valence electrons. The van der Waals surface area contributed by atoms with Crippen molar-refractivity contribution in [2.24, 2.45) is 0 Å². The zero-order valence-electron chi connectivity index (χ0n) is 13.4. The summed E-state index contributed by atoms with van der Waals surface area (Å²) in [7, 11) is 1.63. The van der Waals surface area contributed by atoms with Crippen molar-refractivity contribution in [2.75, 3.05) is 7.11 Å². The minimum absolute atomic E-state index is 0.142. The van der Waals surface area contributed by atoms with Crippen molar-refractivity contribution in [3.63, 3.8) is 0 Å². The van der Waals surface area contributed by atoms with E-state index in [-0.39, 0.29) is 11.7 Å². The number of rotatable bonds is 2. The van der Waals surface area contributed by atoms with Crippen molar-refractivity contribution in [1.82, 2.24) is 4.98 Å². The third-order valence-electron chi connectivity index (χ3n) is 4.54. The number of ether oxygens (including phenoxy) is 1. The number of benzene rings is 3. The van der Waals surface area contributed by atoms with Crippen molar-refractivity contribution < 1.29 is 14.2 Å². The Balaban J connectivity index is 2.21. The Morgan fingerprint density at radius 1 is 1.00 bits per heavy atom. The maximum absolute atomic E-state index is 13.4. The number of methoxy groups -OCH3 is 1. The van der Waals surface area contributed by atoms with Gasteiger partial charge in [-0.3, -0.25) is 0 Å². The maximum atomic E-state index is 13.4. The first-order chi connectivity index (χ1) is 11.6. The summed E-state index contributed by atoms with van der Waals surface area (Å²) in [6, 6.07) is 12.3. The summed E-state index contributed by atoms with van der Waals surface area (Å²) in [5, 5.41) is 13.9. The van der Waals surface area contributed by atoms with Gasteiger partial charge in [-0.2, -0.15) is 0 Å². The number of aryl methyl sites for hydroxylation is 1. The lowest BCUT2D eigenvalue weighted by atomic mass is 9.90.